The highest BCUT2D eigenvalue weighted by Crippen LogP contribution is 2.31. The molecule has 0 fully saturated rings. The van der Waals surface area contributed by atoms with Crippen molar-refractivity contribution in [1.82, 2.24) is 0 Å². The van der Waals surface area contributed by atoms with Crippen LogP contribution in [0.1, 0.15) is 23.6 Å². The van der Waals surface area contributed by atoms with Crippen molar-refractivity contribution in [2.45, 2.75) is 33.7 Å². The summed E-state index contributed by atoms with van der Waals surface area (Å²) in [5, 5.41) is 6.72. The number of carbonyl (C=O) groups excluding carboxylic acids is 1. The summed E-state index contributed by atoms with van der Waals surface area (Å²) >= 11 is 6.10. The van der Waals surface area contributed by atoms with Gasteiger partial charge in [0.05, 0.1) is 12.8 Å². The molecule has 0 aliphatic rings. The molecule has 0 saturated carbocycles. The number of hydrogen-bond acceptors (Lipinski definition) is 3. The fourth-order valence-electron chi connectivity index (χ4n) is 2.54. The van der Waals surface area contributed by atoms with Crippen LogP contribution < -0.4 is 15.4 Å². The number of methoxy groups -OCH3 is 1. The second kappa shape index (κ2) is 7.58. The molecule has 0 bridgehead atoms. The van der Waals surface area contributed by atoms with Crippen LogP contribution in [0.25, 0.3) is 0 Å². The van der Waals surface area contributed by atoms with Crippen LogP contribution in [0.2, 0.25) is 5.02 Å². The van der Waals surface area contributed by atoms with E-state index >= 15 is 0 Å². The Hall–Kier alpha value is -2.20. The van der Waals surface area contributed by atoms with E-state index in [0.29, 0.717) is 16.5 Å². The maximum absolute atomic E-state index is 12.5. The van der Waals surface area contributed by atoms with E-state index < -0.39 is 6.04 Å². The van der Waals surface area contributed by atoms with E-state index in [1.54, 1.807) is 13.2 Å². The van der Waals surface area contributed by atoms with Crippen LogP contribution in [0.3, 0.4) is 0 Å². The number of carbonyl (C=O) groups is 1. The first kappa shape index (κ1) is 18.1. The number of hydrogen-bond donors (Lipinski definition) is 2. The third kappa shape index (κ3) is 4.42. The molecule has 128 valence electrons. The molecule has 1 amide bonds. The zero-order valence-electron chi connectivity index (χ0n) is 14.7. The SMILES string of the molecule is COc1cc(Cl)c(C)cc1NC(=O)C(C)Nc1cc(C)cc(C)c1. The maximum atomic E-state index is 12.5. The minimum absolute atomic E-state index is 0.144. The first-order valence-electron chi connectivity index (χ1n) is 7.80. The zero-order valence-corrected chi connectivity index (χ0v) is 15.4. The van der Waals surface area contributed by atoms with Gasteiger partial charge in [0.15, 0.2) is 0 Å². The molecule has 2 aromatic rings. The molecule has 0 aliphatic carbocycles. The van der Waals surface area contributed by atoms with E-state index in [2.05, 4.69) is 16.7 Å². The Kier molecular flexibility index (Phi) is 5.73. The van der Waals surface area contributed by atoms with Crippen LogP contribution in [0.5, 0.6) is 5.75 Å². The monoisotopic (exact) mass is 346 g/mol. The number of halogens is 1. The Balaban J connectivity index is 2.13. The Bertz CT molecular complexity index is 739. The lowest BCUT2D eigenvalue weighted by Gasteiger charge is -2.18. The number of aryl methyl sites for hydroxylation is 3. The molecule has 1 atom stereocenters. The molecule has 24 heavy (non-hydrogen) atoms. The predicted octanol–water partition coefficient (Wildman–Crippen LogP) is 4.71. The van der Waals surface area contributed by atoms with Crippen LogP contribution in [-0.4, -0.2) is 19.1 Å². The summed E-state index contributed by atoms with van der Waals surface area (Å²) in [5.41, 5.74) is 4.72. The maximum Gasteiger partial charge on any atom is 0.246 e. The highest BCUT2D eigenvalue weighted by molar-refractivity contribution is 6.31. The molecular weight excluding hydrogens is 324 g/mol. The molecule has 0 radical (unpaired) electrons. The van der Waals surface area contributed by atoms with Gasteiger partial charge in [0.2, 0.25) is 5.91 Å². The van der Waals surface area contributed by atoms with Crippen molar-refractivity contribution >= 4 is 28.9 Å². The van der Waals surface area contributed by atoms with Crippen molar-refractivity contribution in [2.75, 3.05) is 17.7 Å². The molecule has 2 rings (SSSR count). The topological polar surface area (TPSA) is 50.4 Å². The molecule has 0 heterocycles. The molecule has 0 aliphatic heterocycles. The van der Waals surface area contributed by atoms with Gasteiger partial charge in [0, 0.05) is 16.8 Å². The highest BCUT2D eigenvalue weighted by atomic mass is 35.5. The number of anilines is 2. The van der Waals surface area contributed by atoms with Gasteiger partial charge in [-0.25, -0.2) is 0 Å². The molecule has 0 saturated heterocycles. The number of ether oxygens (including phenoxy) is 1. The molecule has 4 nitrogen and oxygen atoms in total. The second-order valence-corrected chi connectivity index (χ2v) is 6.44. The Labute approximate surface area is 148 Å². The zero-order chi connectivity index (χ0) is 17.9. The lowest BCUT2D eigenvalue weighted by Crippen LogP contribution is -2.32. The fraction of sp³-hybridized carbons (Fsp3) is 0.316. The minimum atomic E-state index is -0.396. The summed E-state index contributed by atoms with van der Waals surface area (Å²) in [5.74, 6) is 0.395. The van der Waals surface area contributed by atoms with Crippen LogP contribution in [0.15, 0.2) is 30.3 Å². The highest BCUT2D eigenvalue weighted by Gasteiger charge is 2.16. The molecular formula is C19H23ClN2O2. The van der Waals surface area contributed by atoms with Gasteiger partial charge >= 0.3 is 0 Å². The first-order valence-corrected chi connectivity index (χ1v) is 8.17. The van der Waals surface area contributed by atoms with Gasteiger partial charge in [0.1, 0.15) is 11.8 Å². The molecule has 0 aromatic heterocycles. The normalized spacial score (nSPS) is 11.8. The van der Waals surface area contributed by atoms with Crippen molar-refractivity contribution in [2.24, 2.45) is 0 Å². The smallest absolute Gasteiger partial charge is 0.246 e. The summed E-state index contributed by atoms with van der Waals surface area (Å²) in [6, 6.07) is 9.24. The van der Waals surface area contributed by atoms with Crippen molar-refractivity contribution in [3.8, 4) is 5.75 Å². The molecule has 2 N–H and O–H groups in total. The molecule has 0 spiro atoms. The first-order chi connectivity index (χ1) is 11.3. The van der Waals surface area contributed by atoms with Crippen LogP contribution in [0.4, 0.5) is 11.4 Å². The van der Waals surface area contributed by atoms with Crippen molar-refractivity contribution < 1.29 is 9.53 Å². The van der Waals surface area contributed by atoms with Crippen LogP contribution >= 0.6 is 11.6 Å². The molecule has 2 aromatic carbocycles. The van der Waals surface area contributed by atoms with Gasteiger partial charge in [-0.15, -0.1) is 0 Å². The Morgan fingerprint density at radius 3 is 2.29 bits per heavy atom. The Morgan fingerprint density at radius 1 is 1.08 bits per heavy atom. The van der Waals surface area contributed by atoms with Crippen molar-refractivity contribution in [3.63, 3.8) is 0 Å². The van der Waals surface area contributed by atoms with Crippen LogP contribution in [-0.2, 0) is 4.79 Å². The number of amides is 1. The summed E-state index contributed by atoms with van der Waals surface area (Å²) in [7, 11) is 1.55. The lowest BCUT2D eigenvalue weighted by molar-refractivity contribution is -0.116. The predicted molar refractivity (Wildman–Crippen MR) is 100 cm³/mol. The van der Waals surface area contributed by atoms with Crippen molar-refractivity contribution in [3.05, 3.63) is 52.0 Å². The van der Waals surface area contributed by atoms with Gasteiger partial charge in [-0.3, -0.25) is 4.79 Å². The average molecular weight is 347 g/mol. The van der Waals surface area contributed by atoms with Gasteiger partial charge < -0.3 is 15.4 Å². The number of rotatable bonds is 5. The summed E-state index contributed by atoms with van der Waals surface area (Å²) in [6.07, 6.45) is 0. The quantitative estimate of drug-likeness (QED) is 0.824. The van der Waals surface area contributed by atoms with E-state index in [1.807, 2.05) is 45.9 Å². The van der Waals surface area contributed by atoms with E-state index in [9.17, 15) is 4.79 Å². The second-order valence-electron chi connectivity index (χ2n) is 6.03. The third-order valence-corrected chi connectivity index (χ3v) is 4.14. The van der Waals surface area contributed by atoms with Crippen molar-refractivity contribution in [1.29, 1.82) is 0 Å². The van der Waals surface area contributed by atoms with Gasteiger partial charge in [-0.1, -0.05) is 17.7 Å². The van der Waals surface area contributed by atoms with Gasteiger partial charge in [0.25, 0.3) is 0 Å². The number of benzene rings is 2. The lowest BCUT2D eigenvalue weighted by atomic mass is 10.1. The van der Waals surface area contributed by atoms with Gasteiger partial charge in [-0.2, -0.15) is 0 Å². The largest absolute Gasteiger partial charge is 0.495 e. The van der Waals surface area contributed by atoms with E-state index in [4.69, 9.17) is 16.3 Å². The van der Waals surface area contributed by atoms with E-state index in [-0.39, 0.29) is 5.91 Å². The minimum Gasteiger partial charge on any atom is -0.495 e. The van der Waals surface area contributed by atoms with Crippen LogP contribution in [0, 0.1) is 20.8 Å². The Morgan fingerprint density at radius 2 is 1.71 bits per heavy atom. The van der Waals surface area contributed by atoms with Gasteiger partial charge in [-0.05, 0) is 62.6 Å². The molecule has 1 unspecified atom stereocenters. The number of nitrogens with one attached hydrogen (secondary N) is 2. The summed E-state index contributed by atoms with van der Waals surface area (Å²) in [6.45, 7) is 7.77. The summed E-state index contributed by atoms with van der Waals surface area (Å²) < 4.78 is 5.29. The fourth-order valence-corrected chi connectivity index (χ4v) is 2.70. The van der Waals surface area contributed by atoms with E-state index in [1.165, 1.54) is 0 Å². The standard InChI is InChI=1S/C19H23ClN2O2/c1-11-6-12(2)8-15(7-11)21-14(4)19(23)22-17-9-13(3)16(20)10-18(17)24-5/h6-10,14,21H,1-5H3,(H,22,23). The average Bonchev–Trinajstić information content (AvgIpc) is 2.49. The van der Waals surface area contributed by atoms with E-state index in [0.717, 1.165) is 22.4 Å². The molecule has 5 heteroatoms. The summed E-state index contributed by atoms with van der Waals surface area (Å²) in [4.78, 5) is 12.5. The third-order valence-electron chi connectivity index (χ3n) is 3.74.